The second-order valence-electron chi connectivity index (χ2n) is 8.42. The zero-order valence-corrected chi connectivity index (χ0v) is 19.8. The topological polar surface area (TPSA) is 52.6 Å². The third kappa shape index (κ3) is 4.54. The summed E-state index contributed by atoms with van der Waals surface area (Å²) in [4.78, 5) is 24.4. The third-order valence-electron chi connectivity index (χ3n) is 6.05. The van der Waals surface area contributed by atoms with Crippen LogP contribution in [0.5, 0.6) is 11.5 Å². The number of hydrogen-bond acceptors (Lipinski definition) is 4. The Balaban J connectivity index is 2.14. The summed E-state index contributed by atoms with van der Waals surface area (Å²) < 4.78 is 12.6. The molecular weight excluding hydrogens is 424 g/mol. The van der Waals surface area contributed by atoms with Gasteiger partial charge in [-0.05, 0) is 46.5 Å². The molecule has 0 aliphatic rings. The van der Waals surface area contributed by atoms with E-state index in [1.54, 1.807) is 0 Å². The molecule has 4 aromatic rings. The van der Waals surface area contributed by atoms with E-state index in [4.69, 9.17) is 9.47 Å². The summed E-state index contributed by atoms with van der Waals surface area (Å²) in [6.45, 7) is 5.21. The Kier molecular flexibility index (Phi) is 7.58. The standard InChI is InChI=1S/C30H30O4/c1-3-5-15-33-29-23(19-31)17-21-11-7-9-13-25(21)27(29)28-26-14-10-8-12-22(26)18-24(20-32)30(28)34-16-6-4-2/h7-14,17-20H,3-6,15-16H2,1-2H3. The highest BCUT2D eigenvalue weighted by Gasteiger charge is 2.24. The van der Waals surface area contributed by atoms with Gasteiger partial charge in [-0.3, -0.25) is 9.59 Å². The SMILES string of the molecule is CCCCOc1c(C=O)cc2ccccc2c1-c1c(OCCCC)c(C=O)cc2ccccc12. The van der Waals surface area contributed by atoms with Gasteiger partial charge in [0.2, 0.25) is 0 Å². The maximum absolute atomic E-state index is 12.2. The molecule has 4 aromatic carbocycles. The summed E-state index contributed by atoms with van der Waals surface area (Å²) in [7, 11) is 0. The van der Waals surface area contributed by atoms with Crippen LogP contribution in [0.2, 0.25) is 0 Å². The van der Waals surface area contributed by atoms with Gasteiger partial charge < -0.3 is 9.47 Å². The van der Waals surface area contributed by atoms with Crippen molar-refractivity contribution in [3.8, 4) is 22.6 Å². The second kappa shape index (κ2) is 11.0. The summed E-state index contributed by atoms with van der Waals surface area (Å²) in [5.74, 6) is 1.08. The van der Waals surface area contributed by atoms with Crippen molar-refractivity contribution in [2.75, 3.05) is 13.2 Å². The Morgan fingerprint density at radius 2 is 1.06 bits per heavy atom. The Hall–Kier alpha value is -3.66. The molecule has 0 saturated carbocycles. The number of fused-ring (bicyclic) bond motifs is 2. The Bertz CT molecular complexity index is 1220. The molecule has 34 heavy (non-hydrogen) atoms. The average molecular weight is 455 g/mol. The number of carbonyl (C=O) groups is 2. The molecule has 4 heteroatoms. The summed E-state index contributed by atoms with van der Waals surface area (Å²) in [5.41, 5.74) is 2.57. The van der Waals surface area contributed by atoms with Gasteiger partial charge in [0.25, 0.3) is 0 Å². The van der Waals surface area contributed by atoms with Crippen LogP contribution in [0.15, 0.2) is 60.7 Å². The first kappa shape index (κ1) is 23.5. The van der Waals surface area contributed by atoms with Gasteiger partial charge in [-0.25, -0.2) is 0 Å². The zero-order chi connectivity index (χ0) is 23.9. The van der Waals surface area contributed by atoms with Crippen LogP contribution < -0.4 is 9.47 Å². The maximum atomic E-state index is 12.2. The summed E-state index contributed by atoms with van der Waals surface area (Å²) in [6.07, 6.45) is 5.41. The van der Waals surface area contributed by atoms with E-state index in [1.807, 2.05) is 60.7 Å². The lowest BCUT2D eigenvalue weighted by molar-refractivity contribution is 0.111. The van der Waals surface area contributed by atoms with Crippen molar-refractivity contribution in [2.45, 2.75) is 39.5 Å². The predicted molar refractivity (Wildman–Crippen MR) is 138 cm³/mol. The molecular formula is C30H30O4. The first-order valence-electron chi connectivity index (χ1n) is 12.0. The van der Waals surface area contributed by atoms with Crippen molar-refractivity contribution in [3.05, 3.63) is 71.8 Å². The van der Waals surface area contributed by atoms with Crippen molar-refractivity contribution in [3.63, 3.8) is 0 Å². The molecule has 0 atom stereocenters. The van der Waals surface area contributed by atoms with E-state index in [9.17, 15) is 9.59 Å². The Morgan fingerprint density at radius 3 is 1.44 bits per heavy atom. The highest BCUT2D eigenvalue weighted by atomic mass is 16.5. The van der Waals surface area contributed by atoms with Gasteiger partial charge in [-0.15, -0.1) is 0 Å². The van der Waals surface area contributed by atoms with Gasteiger partial charge in [0, 0.05) is 11.1 Å². The monoisotopic (exact) mass is 454 g/mol. The quantitative estimate of drug-likeness (QED) is 0.173. The number of aldehydes is 2. The number of benzene rings is 4. The molecule has 0 aliphatic heterocycles. The average Bonchev–Trinajstić information content (AvgIpc) is 2.88. The Labute approximate surface area is 200 Å². The van der Waals surface area contributed by atoms with E-state index in [1.165, 1.54) is 0 Å². The molecule has 0 N–H and O–H groups in total. The minimum Gasteiger partial charge on any atom is -0.492 e. The van der Waals surface area contributed by atoms with Crippen LogP contribution in [0.3, 0.4) is 0 Å². The van der Waals surface area contributed by atoms with E-state index < -0.39 is 0 Å². The van der Waals surface area contributed by atoms with Gasteiger partial charge in [-0.1, -0.05) is 75.2 Å². The molecule has 0 fully saturated rings. The predicted octanol–water partition coefficient (Wildman–Crippen LogP) is 7.64. The molecule has 0 saturated heterocycles. The summed E-state index contributed by atoms with van der Waals surface area (Å²) >= 11 is 0. The highest BCUT2D eigenvalue weighted by molar-refractivity contribution is 6.14. The van der Waals surface area contributed by atoms with Crippen molar-refractivity contribution in [1.29, 1.82) is 0 Å². The van der Waals surface area contributed by atoms with Gasteiger partial charge in [0.05, 0.1) is 24.3 Å². The second-order valence-corrected chi connectivity index (χ2v) is 8.42. The Morgan fingerprint density at radius 1 is 0.647 bits per heavy atom. The van der Waals surface area contributed by atoms with Gasteiger partial charge >= 0.3 is 0 Å². The highest BCUT2D eigenvalue weighted by Crippen LogP contribution is 2.48. The van der Waals surface area contributed by atoms with Crippen LogP contribution in [0, 0.1) is 0 Å². The number of unbranched alkanes of at least 4 members (excludes halogenated alkanes) is 2. The van der Waals surface area contributed by atoms with Crippen molar-refractivity contribution >= 4 is 34.1 Å². The number of hydrogen-bond donors (Lipinski definition) is 0. The lowest BCUT2D eigenvalue weighted by Gasteiger charge is -2.22. The van der Waals surface area contributed by atoms with E-state index in [2.05, 4.69) is 13.8 Å². The summed E-state index contributed by atoms with van der Waals surface area (Å²) in [5, 5.41) is 3.77. The fraction of sp³-hybridized carbons (Fsp3) is 0.267. The molecule has 0 aliphatic carbocycles. The first-order chi connectivity index (χ1) is 16.7. The maximum Gasteiger partial charge on any atom is 0.153 e. The van der Waals surface area contributed by atoms with Crippen LogP contribution in [0.1, 0.15) is 60.2 Å². The number of ether oxygens (including phenoxy) is 2. The normalized spacial score (nSPS) is 11.0. The first-order valence-corrected chi connectivity index (χ1v) is 12.0. The van der Waals surface area contributed by atoms with Crippen LogP contribution >= 0.6 is 0 Å². The molecule has 0 amide bonds. The molecule has 0 heterocycles. The molecule has 4 nitrogen and oxygen atoms in total. The van der Waals surface area contributed by atoms with Gasteiger partial charge in [0.1, 0.15) is 11.5 Å². The smallest absolute Gasteiger partial charge is 0.153 e. The molecule has 174 valence electrons. The molecule has 0 radical (unpaired) electrons. The van der Waals surface area contributed by atoms with E-state index in [-0.39, 0.29) is 0 Å². The van der Waals surface area contributed by atoms with Gasteiger partial charge in [-0.2, -0.15) is 0 Å². The molecule has 0 bridgehead atoms. The van der Waals surface area contributed by atoms with Crippen molar-refractivity contribution in [1.82, 2.24) is 0 Å². The fourth-order valence-corrected chi connectivity index (χ4v) is 4.32. The van der Waals surface area contributed by atoms with Crippen molar-refractivity contribution < 1.29 is 19.1 Å². The fourth-order valence-electron chi connectivity index (χ4n) is 4.32. The van der Waals surface area contributed by atoms with Crippen LogP contribution in [0.4, 0.5) is 0 Å². The molecule has 0 unspecified atom stereocenters. The van der Waals surface area contributed by atoms with Crippen LogP contribution in [-0.4, -0.2) is 25.8 Å². The minimum absolute atomic E-state index is 0.491. The number of rotatable bonds is 11. The third-order valence-corrected chi connectivity index (χ3v) is 6.05. The number of carbonyl (C=O) groups excluding carboxylic acids is 2. The van der Waals surface area contributed by atoms with Crippen LogP contribution in [-0.2, 0) is 0 Å². The molecule has 0 aromatic heterocycles. The lowest BCUT2D eigenvalue weighted by Crippen LogP contribution is -2.06. The van der Waals surface area contributed by atoms with Crippen molar-refractivity contribution in [2.24, 2.45) is 0 Å². The van der Waals surface area contributed by atoms with E-state index in [0.717, 1.165) is 70.9 Å². The zero-order valence-electron chi connectivity index (χ0n) is 19.8. The molecule has 0 spiro atoms. The summed E-state index contributed by atoms with van der Waals surface area (Å²) in [6, 6.07) is 19.7. The van der Waals surface area contributed by atoms with E-state index in [0.29, 0.717) is 35.8 Å². The lowest BCUT2D eigenvalue weighted by atomic mass is 9.89. The molecule has 4 rings (SSSR count). The van der Waals surface area contributed by atoms with Crippen LogP contribution in [0.25, 0.3) is 32.7 Å². The minimum atomic E-state index is 0.491. The largest absolute Gasteiger partial charge is 0.492 e. The van der Waals surface area contributed by atoms with Gasteiger partial charge in [0.15, 0.2) is 12.6 Å². The van der Waals surface area contributed by atoms with E-state index >= 15 is 0 Å².